The van der Waals surface area contributed by atoms with Crippen LogP contribution in [0.4, 0.5) is 4.79 Å². The molecule has 7 nitrogen and oxygen atoms in total. The molecule has 0 saturated carbocycles. The number of hydrogen-bond acceptors (Lipinski definition) is 3. The van der Waals surface area contributed by atoms with E-state index in [0.717, 1.165) is 18.7 Å². The first-order valence-electron chi connectivity index (χ1n) is 7.25. The van der Waals surface area contributed by atoms with Crippen molar-refractivity contribution in [3.8, 4) is 0 Å². The topological polar surface area (TPSA) is 81.3 Å². The molecule has 2 heterocycles. The molecule has 0 spiro atoms. The number of nitrogens with zero attached hydrogens (tertiary/aromatic N) is 3. The van der Waals surface area contributed by atoms with Crippen LogP contribution in [0.5, 0.6) is 0 Å². The van der Waals surface area contributed by atoms with E-state index in [0.29, 0.717) is 13.1 Å². The van der Waals surface area contributed by atoms with Crippen molar-refractivity contribution in [3.05, 3.63) is 18.2 Å². The van der Waals surface area contributed by atoms with Crippen LogP contribution in [-0.2, 0) is 4.79 Å². The molecule has 1 fully saturated rings. The van der Waals surface area contributed by atoms with Gasteiger partial charge in [-0.25, -0.2) is 9.78 Å². The fourth-order valence-corrected chi connectivity index (χ4v) is 2.56. The molecule has 0 aliphatic carbocycles. The molecule has 3 amide bonds. The van der Waals surface area contributed by atoms with Crippen molar-refractivity contribution < 1.29 is 9.59 Å². The Labute approximate surface area is 124 Å². The van der Waals surface area contributed by atoms with Crippen LogP contribution in [0.3, 0.4) is 0 Å². The van der Waals surface area contributed by atoms with Crippen LogP contribution in [-0.4, -0.2) is 58.9 Å². The highest BCUT2D eigenvalue weighted by Crippen LogP contribution is 2.19. The summed E-state index contributed by atoms with van der Waals surface area (Å²) < 4.78 is 0. The number of amides is 3. The summed E-state index contributed by atoms with van der Waals surface area (Å²) in [6.45, 7) is 3.09. The summed E-state index contributed by atoms with van der Waals surface area (Å²) in [4.78, 5) is 34.7. The number of aromatic nitrogens is 2. The fourth-order valence-electron chi connectivity index (χ4n) is 2.56. The highest BCUT2D eigenvalue weighted by Gasteiger charge is 2.29. The van der Waals surface area contributed by atoms with E-state index in [2.05, 4.69) is 15.3 Å². The van der Waals surface area contributed by atoms with E-state index < -0.39 is 0 Å². The lowest BCUT2D eigenvalue weighted by Gasteiger charge is -2.34. The fraction of sp³-hybridized carbons (Fsp3) is 0.643. The summed E-state index contributed by atoms with van der Waals surface area (Å²) >= 11 is 0. The number of H-pyrrole nitrogens is 1. The highest BCUT2D eigenvalue weighted by atomic mass is 16.2. The van der Waals surface area contributed by atoms with Gasteiger partial charge in [0.15, 0.2) is 0 Å². The number of carbonyl (C=O) groups is 2. The maximum absolute atomic E-state index is 12.3. The third-order valence-corrected chi connectivity index (χ3v) is 3.73. The van der Waals surface area contributed by atoms with Gasteiger partial charge in [0.25, 0.3) is 0 Å². The minimum absolute atomic E-state index is 0.0184. The van der Waals surface area contributed by atoms with Crippen LogP contribution in [0.1, 0.15) is 31.6 Å². The molecule has 0 radical (unpaired) electrons. The van der Waals surface area contributed by atoms with Crippen LogP contribution in [0.25, 0.3) is 0 Å². The van der Waals surface area contributed by atoms with Gasteiger partial charge in [-0.3, -0.25) is 4.79 Å². The molecule has 1 aliphatic heterocycles. The standard InChI is InChI=1S/C14H23N5O2/c1-10(12-15-6-7-16-12)17-13(20)11-5-4-8-19(9-11)14(21)18(2)3/h6-7,10-11H,4-5,8-9H2,1-3H3,(H,15,16)(H,17,20). The van der Waals surface area contributed by atoms with Crippen molar-refractivity contribution in [1.29, 1.82) is 0 Å². The quantitative estimate of drug-likeness (QED) is 0.871. The van der Waals surface area contributed by atoms with Gasteiger partial charge in [-0.05, 0) is 19.8 Å². The lowest BCUT2D eigenvalue weighted by atomic mass is 9.97. The minimum atomic E-state index is -0.160. The lowest BCUT2D eigenvalue weighted by Crippen LogP contribution is -2.48. The summed E-state index contributed by atoms with van der Waals surface area (Å²) in [6, 6.07) is -0.195. The molecule has 2 unspecified atom stereocenters. The molecule has 0 bridgehead atoms. The van der Waals surface area contributed by atoms with Crippen LogP contribution in [0.2, 0.25) is 0 Å². The van der Waals surface area contributed by atoms with Crippen molar-refractivity contribution in [2.75, 3.05) is 27.2 Å². The zero-order valence-electron chi connectivity index (χ0n) is 12.8. The van der Waals surface area contributed by atoms with Gasteiger partial charge in [0.1, 0.15) is 5.82 Å². The van der Waals surface area contributed by atoms with E-state index in [-0.39, 0.29) is 23.9 Å². The van der Waals surface area contributed by atoms with Crippen molar-refractivity contribution in [1.82, 2.24) is 25.1 Å². The number of aromatic amines is 1. The summed E-state index contributed by atoms with van der Waals surface area (Å²) in [5, 5.41) is 2.96. The molecule has 2 atom stereocenters. The normalized spacial score (nSPS) is 20.0. The Kier molecular flexibility index (Phi) is 4.82. The Morgan fingerprint density at radius 2 is 2.29 bits per heavy atom. The Bertz CT molecular complexity index is 486. The SMILES string of the molecule is CC(NC(=O)C1CCCN(C(=O)N(C)C)C1)c1ncc[nH]1. The molecular weight excluding hydrogens is 270 g/mol. The third-order valence-electron chi connectivity index (χ3n) is 3.73. The molecule has 1 aliphatic rings. The first kappa shape index (κ1) is 15.3. The second-order valence-electron chi connectivity index (χ2n) is 5.67. The van der Waals surface area contributed by atoms with Gasteiger partial charge < -0.3 is 20.1 Å². The summed E-state index contributed by atoms with van der Waals surface area (Å²) in [5.74, 6) is 0.565. The van der Waals surface area contributed by atoms with Gasteiger partial charge in [-0.2, -0.15) is 0 Å². The van der Waals surface area contributed by atoms with Crippen LogP contribution < -0.4 is 5.32 Å². The van der Waals surface area contributed by atoms with Crippen molar-refractivity contribution in [3.63, 3.8) is 0 Å². The maximum Gasteiger partial charge on any atom is 0.319 e. The first-order chi connectivity index (χ1) is 9.99. The molecule has 0 aromatic carbocycles. The van der Waals surface area contributed by atoms with Gasteiger partial charge in [0.2, 0.25) is 5.91 Å². The Balaban J connectivity index is 1.91. The van der Waals surface area contributed by atoms with Crippen molar-refractivity contribution >= 4 is 11.9 Å². The number of carbonyl (C=O) groups excluding carboxylic acids is 2. The number of imidazole rings is 1. The van der Waals surface area contributed by atoms with Gasteiger partial charge >= 0.3 is 6.03 Å². The monoisotopic (exact) mass is 293 g/mol. The third kappa shape index (κ3) is 3.74. The van der Waals surface area contributed by atoms with Crippen molar-refractivity contribution in [2.45, 2.75) is 25.8 Å². The number of rotatable bonds is 3. The van der Waals surface area contributed by atoms with E-state index in [9.17, 15) is 9.59 Å². The number of nitrogens with one attached hydrogen (secondary N) is 2. The Morgan fingerprint density at radius 1 is 1.52 bits per heavy atom. The van der Waals surface area contributed by atoms with E-state index in [1.165, 1.54) is 0 Å². The predicted molar refractivity (Wildman–Crippen MR) is 78.5 cm³/mol. The average molecular weight is 293 g/mol. The Morgan fingerprint density at radius 3 is 2.90 bits per heavy atom. The molecule has 7 heteroatoms. The summed E-state index contributed by atoms with van der Waals surface area (Å²) in [5.41, 5.74) is 0. The summed E-state index contributed by atoms with van der Waals surface area (Å²) in [7, 11) is 3.45. The van der Waals surface area contributed by atoms with E-state index in [4.69, 9.17) is 0 Å². The first-order valence-corrected chi connectivity index (χ1v) is 7.25. The minimum Gasteiger partial charge on any atom is -0.347 e. The zero-order valence-corrected chi connectivity index (χ0v) is 12.8. The van der Waals surface area contributed by atoms with E-state index >= 15 is 0 Å². The van der Waals surface area contributed by atoms with Gasteiger partial charge in [0.05, 0.1) is 12.0 Å². The number of likely N-dealkylation sites (tertiary alicyclic amines) is 1. The second-order valence-corrected chi connectivity index (χ2v) is 5.67. The molecule has 1 aromatic heterocycles. The number of hydrogen-bond donors (Lipinski definition) is 2. The number of piperidine rings is 1. The lowest BCUT2D eigenvalue weighted by molar-refractivity contribution is -0.127. The molecule has 21 heavy (non-hydrogen) atoms. The molecule has 1 saturated heterocycles. The highest BCUT2D eigenvalue weighted by molar-refractivity contribution is 5.81. The Hall–Kier alpha value is -2.05. The molecule has 1 aromatic rings. The molecular formula is C14H23N5O2. The van der Waals surface area contributed by atoms with Gasteiger partial charge in [-0.1, -0.05) is 0 Å². The second kappa shape index (κ2) is 6.60. The summed E-state index contributed by atoms with van der Waals surface area (Å²) in [6.07, 6.45) is 5.06. The smallest absolute Gasteiger partial charge is 0.319 e. The van der Waals surface area contributed by atoms with Gasteiger partial charge in [0, 0.05) is 39.6 Å². The zero-order chi connectivity index (χ0) is 15.4. The predicted octanol–water partition coefficient (Wildman–Crippen LogP) is 0.980. The van der Waals surface area contributed by atoms with E-state index in [1.54, 1.807) is 36.3 Å². The van der Waals surface area contributed by atoms with Crippen LogP contribution >= 0.6 is 0 Å². The molecule has 2 N–H and O–H groups in total. The van der Waals surface area contributed by atoms with Crippen LogP contribution in [0, 0.1) is 5.92 Å². The number of urea groups is 1. The average Bonchev–Trinajstić information content (AvgIpc) is 3.00. The molecule has 116 valence electrons. The largest absolute Gasteiger partial charge is 0.347 e. The van der Waals surface area contributed by atoms with Crippen molar-refractivity contribution in [2.24, 2.45) is 5.92 Å². The van der Waals surface area contributed by atoms with Crippen LogP contribution in [0.15, 0.2) is 12.4 Å². The van der Waals surface area contributed by atoms with Gasteiger partial charge in [-0.15, -0.1) is 0 Å². The molecule has 2 rings (SSSR count). The maximum atomic E-state index is 12.3. The van der Waals surface area contributed by atoms with E-state index in [1.807, 2.05) is 6.92 Å².